The first kappa shape index (κ1) is 16.4. The van der Waals surface area contributed by atoms with Crippen molar-refractivity contribution in [2.24, 2.45) is 0 Å². The van der Waals surface area contributed by atoms with Crippen molar-refractivity contribution in [3.63, 3.8) is 0 Å². The van der Waals surface area contributed by atoms with Gasteiger partial charge in [-0.3, -0.25) is 4.79 Å². The summed E-state index contributed by atoms with van der Waals surface area (Å²) >= 11 is 0. The summed E-state index contributed by atoms with van der Waals surface area (Å²) in [6.45, 7) is 5.20. The van der Waals surface area contributed by atoms with Crippen LogP contribution >= 0.6 is 0 Å². The van der Waals surface area contributed by atoms with Crippen LogP contribution < -0.4 is 9.47 Å². The zero-order chi connectivity index (χ0) is 16.1. The van der Waals surface area contributed by atoms with Crippen LogP contribution in [0.25, 0.3) is 6.08 Å². The Kier molecular flexibility index (Phi) is 5.44. The molecule has 120 valence electrons. The minimum Gasteiger partial charge on any atom is -0.497 e. The molecule has 0 radical (unpaired) electrons. The van der Waals surface area contributed by atoms with Crippen LogP contribution in [0.4, 0.5) is 0 Å². The number of carbonyl (C=O) groups is 1. The molecule has 1 fully saturated rings. The Hall–Kier alpha value is -2.01. The summed E-state index contributed by atoms with van der Waals surface area (Å²) < 4.78 is 16.1. The molecule has 22 heavy (non-hydrogen) atoms. The summed E-state index contributed by atoms with van der Waals surface area (Å²) in [5.74, 6) is 1.38. The minimum atomic E-state index is -0.0104. The highest BCUT2D eigenvalue weighted by molar-refractivity contribution is 5.92. The van der Waals surface area contributed by atoms with Gasteiger partial charge in [0.05, 0.1) is 26.4 Å². The van der Waals surface area contributed by atoms with Gasteiger partial charge < -0.3 is 19.1 Å². The molecule has 0 aliphatic carbocycles. The number of carbonyl (C=O) groups excluding carboxylic acids is 1. The van der Waals surface area contributed by atoms with E-state index in [9.17, 15) is 4.79 Å². The van der Waals surface area contributed by atoms with E-state index in [4.69, 9.17) is 14.2 Å². The van der Waals surface area contributed by atoms with Gasteiger partial charge in [0.2, 0.25) is 5.91 Å². The number of rotatable bonds is 4. The van der Waals surface area contributed by atoms with E-state index in [-0.39, 0.29) is 18.1 Å². The third-order valence-electron chi connectivity index (χ3n) is 3.52. The van der Waals surface area contributed by atoms with Gasteiger partial charge in [-0.2, -0.15) is 0 Å². The maximum absolute atomic E-state index is 12.3. The van der Waals surface area contributed by atoms with Crippen LogP contribution in [-0.2, 0) is 9.53 Å². The fourth-order valence-electron chi connectivity index (χ4n) is 2.56. The van der Waals surface area contributed by atoms with Crippen LogP contribution in [0.15, 0.2) is 24.3 Å². The first-order chi connectivity index (χ1) is 10.5. The van der Waals surface area contributed by atoms with Crippen LogP contribution in [0.3, 0.4) is 0 Å². The van der Waals surface area contributed by atoms with Crippen LogP contribution in [0.5, 0.6) is 11.5 Å². The van der Waals surface area contributed by atoms with Crippen molar-refractivity contribution in [1.29, 1.82) is 0 Å². The summed E-state index contributed by atoms with van der Waals surface area (Å²) in [6.07, 6.45) is 3.49. The molecule has 0 aromatic heterocycles. The zero-order valence-corrected chi connectivity index (χ0v) is 13.5. The van der Waals surface area contributed by atoms with Crippen LogP contribution in [0, 0.1) is 0 Å². The molecule has 0 saturated carbocycles. The summed E-state index contributed by atoms with van der Waals surface area (Å²) in [5, 5.41) is 0. The van der Waals surface area contributed by atoms with Crippen molar-refractivity contribution in [2.45, 2.75) is 26.1 Å². The molecule has 5 heteroatoms. The topological polar surface area (TPSA) is 48.0 Å². The fraction of sp³-hybridized carbons (Fsp3) is 0.471. The van der Waals surface area contributed by atoms with E-state index in [0.717, 1.165) is 5.56 Å². The average Bonchev–Trinajstić information content (AvgIpc) is 2.51. The highest BCUT2D eigenvalue weighted by Crippen LogP contribution is 2.23. The lowest BCUT2D eigenvalue weighted by Crippen LogP contribution is -2.47. The summed E-state index contributed by atoms with van der Waals surface area (Å²) in [5.41, 5.74) is 0.860. The second-order valence-electron chi connectivity index (χ2n) is 5.48. The fourth-order valence-corrected chi connectivity index (χ4v) is 2.56. The standard InChI is InChI=1S/C17H23NO4/c1-12-10-18(11-13(2)22-12)17(19)6-5-14-7-15(20-3)9-16(8-14)21-4/h5-9,12-13H,10-11H2,1-4H3/b6-5+/t12-,13-/m0/s1. The molecule has 2 atom stereocenters. The van der Waals surface area contributed by atoms with Gasteiger partial charge in [-0.1, -0.05) is 0 Å². The van der Waals surface area contributed by atoms with Gasteiger partial charge in [0, 0.05) is 25.2 Å². The maximum atomic E-state index is 12.3. The molecule has 0 spiro atoms. The Morgan fingerprint density at radius 3 is 2.18 bits per heavy atom. The largest absolute Gasteiger partial charge is 0.497 e. The molecule has 0 N–H and O–H groups in total. The van der Waals surface area contributed by atoms with Gasteiger partial charge in [0.25, 0.3) is 0 Å². The quantitative estimate of drug-likeness (QED) is 0.801. The molecule has 1 aromatic carbocycles. The summed E-state index contributed by atoms with van der Waals surface area (Å²) in [4.78, 5) is 14.1. The monoisotopic (exact) mass is 305 g/mol. The van der Waals surface area contributed by atoms with Gasteiger partial charge in [0.15, 0.2) is 0 Å². The molecule has 1 heterocycles. The van der Waals surface area contributed by atoms with Crippen molar-refractivity contribution >= 4 is 12.0 Å². The van der Waals surface area contributed by atoms with Crippen molar-refractivity contribution < 1.29 is 19.0 Å². The van der Waals surface area contributed by atoms with E-state index in [0.29, 0.717) is 24.6 Å². The lowest BCUT2D eigenvalue weighted by Gasteiger charge is -2.34. The Morgan fingerprint density at radius 2 is 1.68 bits per heavy atom. The third kappa shape index (κ3) is 4.24. The van der Waals surface area contributed by atoms with Crippen LogP contribution in [0.1, 0.15) is 19.4 Å². The molecular weight excluding hydrogens is 282 g/mol. The van der Waals surface area contributed by atoms with E-state index in [1.54, 1.807) is 32.4 Å². The van der Waals surface area contributed by atoms with Gasteiger partial charge in [0.1, 0.15) is 11.5 Å². The predicted molar refractivity (Wildman–Crippen MR) is 85.2 cm³/mol. The predicted octanol–water partition coefficient (Wildman–Crippen LogP) is 2.35. The van der Waals surface area contributed by atoms with E-state index in [1.807, 2.05) is 30.9 Å². The second-order valence-corrected chi connectivity index (χ2v) is 5.48. The molecule has 2 rings (SSSR count). The Balaban J connectivity index is 2.09. The lowest BCUT2D eigenvalue weighted by molar-refractivity contribution is -0.137. The number of ether oxygens (including phenoxy) is 3. The number of benzene rings is 1. The normalized spacial score (nSPS) is 21.9. The van der Waals surface area contributed by atoms with Gasteiger partial charge in [-0.15, -0.1) is 0 Å². The highest BCUT2D eigenvalue weighted by Gasteiger charge is 2.24. The Morgan fingerprint density at radius 1 is 1.14 bits per heavy atom. The molecule has 1 amide bonds. The lowest BCUT2D eigenvalue weighted by atomic mass is 10.1. The second kappa shape index (κ2) is 7.31. The molecule has 1 aliphatic rings. The number of morpholine rings is 1. The van der Waals surface area contributed by atoms with E-state index >= 15 is 0 Å². The zero-order valence-electron chi connectivity index (χ0n) is 13.5. The van der Waals surface area contributed by atoms with Gasteiger partial charge in [-0.05, 0) is 37.6 Å². The van der Waals surface area contributed by atoms with Crippen LogP contribution in [-0.4, -0.2) is 50.3 Å². The van der Waals surface area contributed by atoms with Crippen LogP contribution in [0.2, 0.25) is 0 Å². The molecular formula is C17H23NO4. The summed E-state index contributed by atoms with van der Waals surface area (Å²) in [7, 11) is 3.20. The Labute approximate surface area is 131 Å². The minimum absolute atomic E-state index is 0.0104. The molecule has 5 nitrogen and oxygen atoms in total. The van der Waals surface area contributed by atoms with E-state index < -0.39 is 0 Å². The highest BCUT2D eigenvalue weighted by atomic mass is 16.5. The Bertz CT molecular complexity index is 523. The molecule has 1 aromatic rings. The van der Waals surface area contributed by atoms with Gasteiger partial charge in [-0.25, -0.2) is 0 Å². The number of nitrogens with zero attached hydrogens (tertiary/aromatic N) is 1. The molecule has 0 unspecified atom stereocenters. The van der Waals surface area contributed by atoms with Crippen molar-refractivity contribution in [2.75, 3.05) is 27.3 Å². The molecule has 1 saturated heterocycles. The molecule has 1 aliphatic heterocycles. The average molecular weight is 305 g/mol. The van der Waals surface area contributed by atoms with Gasteiger partial charge >= 0.3 is 0 Å². The number of methoxy groups -OCH3 is 2. The first-order valence-electron chi connectivity index (χ1n) is 7.37. The summed E-state index contributed by atoms with van der Waals surface area (Å²) in [6, 6.07) is 5.51. The first-order valence-corrected chi connectivity index (χ1v) is 7.37. The van der Waals surface area contributed by atoms with Crippen molar-refractivity contribution in [3.05, 3.63) is 29.8 Å². The number of hydrogen-bond acceptors (Lipinski definition) is 4. The SMILES string of the molecule is COc1cc(/C=C/C(=O)N2C[C@H](C)O[C@@H](C)C2)cc(OC)c1. The van der Waals surface area contributed by atoms with Crippen molar-refractivity contribution in [1.82, 2.24) is 4.90 Å². The third-order valence-corrected chi connectivity index (χ3v) is 3.52. The van der Waals surface area contributed by atoms with Crippen molar-refractivity contribution in [3.8, 4) is 11.5 Å². The molecule has 0 bridgehead atoms. The smallest absolute Gasteiger partial charge is 0.246 e. The number of hydrogen-bond donors (Lipinski definition) is 0. The van der Waals surface area contributed by atoms with E-state index in [1.165, 1.54) is 0 Å². The number of amides is 1. The maximum Gasteiger partial charge on any atom is 0.246 e. The van der Waals surface area contributed by atoms with E-state index in [2.05, 4.69) is 0 Å².